The van der Waals surface area contributed by atoms with E-state index in [2.05, 4.69) is 107 Å². The third-order valence-electron chi connectivity index (χ3n) is 12.7. The van der Waals surface area contributed by atoms with Crippen LogP contribution in [0.3, 0.4) is 0 Å². The number of unbranched alkanes of at least 4 members (excludes halogenated alkanes) is 2. The van der Waals surface area contributed by atoms with Crippen molar-refractivity contribution >= 4 is 5.97 Å². The maximum Gasteiger partial charge on any atom is 0.333 e. The molecule has 5 heteroatoms. The molecular weight excluding hydrogens is 717 g/mol. The van der Waals surface area contributed by atoms with E-state index in [1.54, 1.807) is 6.92 Å². The normalized spacial score (nSPS) is 15.6. The zero-order valence-corrected chi connectivity index (χ0v) is 36.2. The van der Waals surface area contributed by atoms with E-state index >= 15 is 0 Å². The number of rotatable bonds is 22. The van der Waals surface area contributed by atoms with Crippen molar-refractivity contribution in [3.05, 3.63) is 113 Å². The number of ether oxygens (including phenoxy) is 2. The number of esters is 1. The number of aryl methyl sites for hydroxylation is 2. The van der Waals surface area contributed by atoms with Crippen molar-refractivity contribution in [3.8, 4) is 39.1 Å². The van der Waals surface area contributed by atoms with Crippen LogP contribution >= 0.6 is 0 Å². The summed E-state index contributed by atoms with van der Waals surface area (Å²) >= 11 is 0. The van der Waals surface area contributed by atoms with Gasteiger partial charge in [0.25, 0.3) is 0 Å². The Morgan fingerprint density at radius 1 is 0.690 bits per heavy atom. The van der Waals surface area contributed by atoms with Crippen LogP contribution in [0.5, 0.6) is 5.75 Å². The molecule has 0 heterocycles. The second-order valence-corrected chi connectivity index (χ2v) is 16.9. The predicted octanol–water partition coefficient (Wildman–Crippen LogP) is 12.9. The molecule has 0 aliphatic heterocycles. The SMILES string of the molecule is C=C(C)C(=O)OCCc1cc(-c2ccc(-c3ccc(-c4ccc(C5CCC(CCCCC)CC5)cc4)c(CC)c3)cc2CC)ccc1OCCC(CO)(CO)CCC. The van der Waals surface area contributed by atoms with Gasteiger partial charge in [0.2, 0.25) is 0 Å². The first-order valence-electron chi connectivity index (χ1n) is 22.3. The molecule has 0 unspecified atom stereocenters. The molecule has 1 aliphatic rings. The van der Waals surface area contributed by atoms with E-state index in [9.17, 15) is 15.0 Å². The summed E-state index contributed by atoms with van der Waals surface area (Å²) in [5.74, 6) is 1.94. The highest BCUT2D eigenvalue weighted by Gasteiger charge is 2.28. The van der Waals surface area contributed by atoms with Crippen LogP contribution in [-0.4, -0.2) is 42.6 Å². The fraction of sp³-hybridized carbons (Fsp3) is 0.491. The summed E-state index contributed by atoms with van der Waals surface area (Å²) in [5, 5.41) is 20.1. The molecule has 0 bridgehead atoms. The Labute approximate surface area is 349 Å². The second kappa shape index (κ2) is 22.3. The number of aliphatic hydroxyl groups excluding tert-OH is 2. The van der Waals surface area contributed by atoms with Crippen molar-refractivity contribution in [3.63, 3.8) is 0 Å². The topological polar surface area (TPSA) is 76.0 Å². The van der Waals surface area contributed by atoms with Crippen molar-refractivity contribution in [2.24, 2.45) is 11.3 Å². The van der Waals surface area contributed by atoms with E-state index in [1.165, 1.54) is 90.3 Å². The van der Waals surface area contributed by atoms with Crippen molar-refractivity contribution in [1.82, 2.24) is 0 Å². The van der Waals surface area contributed by atoms with Crippen molar-refractivity contribution < 1.29 is 24.5 Å². The maximum atomic E-state index is 12.2. The molecule has 0 aromatic heterocycles. The summed E-state index contributed by atoms with van der Waals surface area (Å²) in [6.45, 7) is 14.6. The summed E-state index contributed by atoms with van der Waals surface area (Å²) in [6, 6.07) is 29.5. The minimum absolute atomic E-state index is 0.0864. The minimum atomic E-state index is -0.570. The first-order valence-corrected chi connectivity index (χ1v) is 22.3. The Morgan fingerprint density at radius 3 is 1.84 bits per heavy atom. The molecule has 1 aliphatic carbocycles. The maximum absolute atomic E-state index is 12.2. The average molecular weight is 787 g/mol. The van der Waals surface area contributed by atoms with E-state index in [1.807, 2.05) is 6.07 Å². The van der Waals surface area contributed by atoms with Gasteiger partial charge in [-0.3, -0.25) is 0 Å². The molecule has 0 amide bonds. The van der Waals surface area contributed by atoms with Gasteiger partial charge in [0.1, 0.15) is 5.75 Å². The summed E-state index contributed by atoms with van der Waals surface area (Å²) < 4.78 is 11.8. The van der Waals surface area contributed by atoms with Crippen molar-refractivity contribution in [2.45, 2.75) is 130 Å². The molecule has 0 spiro atoms. The van der Waals surface area contributed by atoms with Gasteiger partial charge in [-0.15, -0.1) is 0 Å². The highest BCUT2D eigenvalue weighted by atomic mass is 16.5. The van der Waals surface area contributed by atoms with E-state index in [4.69, 9.17) is 9.47 Å². The van der Waals surface area contributed by atoms with Crippen LogP contribution in [0, 0.1) is 11.3 Å². The molecule has 5 nitrogen and oxygen atoms in total. The number of hydrogen-bond donors (Lipinski definition) is 2. The minimum Gasteiger partial charge on any atom is -0.493 e. The van der Waals surface area contributed by atoms with Crippen LogP contribution in [0.15, 0.2) is 91.0 Å². The number of benzene rings is 4. The Bertz CT molecular complexity index is 1910. The second-order valence-electron chi connectivity index (χ2n) is 16.9. The molecule has 0 radical (unpaired) electrons. The van der Waals surface area contributed by atoms with Crippen molar-refractivity contribution in [1.29, 1.82) is 0 Å². The van der Waals surface area contributed by atoms with Crippen LogP contribution in [0.1, 0.15) is 133 Å². The van der Waals surface area contributed by atoms with E-state index in [0.717, 1.165) is 48.3 Å². The van der Waals surface area contributed by atoms with E-state index in [0.29, 0.717) is 36.7 Å². The summed E-state index contributed by atoms with van der Waals surface area (Å²) in [5.41, 5.74) is 12.1. The van der Waals surface area contributed by atoms with Gasteiger partial charge in [-0.05, 0) is 138 Å². The smallest absolute Gasteiger partial charge is 0.333 e. The molecule has 58 heavy (non-hydrogen) atoms. The summed E-state index contributed by atoms with van der Waals surface area (Å²) in [4.78, 5) is 12.2. The quantitative estimate of drug-likeness (QED) is 0.0471. The standard InChI is InChI=1S/C53H70O5/c1-7-11-12-13-39-14-16-42(17-15-39)43-18-20-44(21-19-43)49-25-22-45(33-40(49)9-3)46-23-26-50(41(10-4)34-46)47-24-27-51(48(35-47)28-31-58-52(56)38(5)6)57-32-30-53(36-54,37-55)29-8-2/h18-27,33-35,39,42,54-55H,5,7-17,28-32,36-37H2,1-4,6H3. The van der Waals surface area contributed by atoms with Gasteiger partial charge in [-0.25, -0.2) is 4.79 Å². The van der Waals surface area contributed by atoms with Gasteiger partial charge in [-0.2, -0.15) is 0 Å². The average Bonchev–Trinajstić information content (AvgIpc) is 3.26. The van der Waals surface area contributed by atoms with Crippen LogP contribution in [0.2, 0.25) is 0 Å². The number of hydrogen-bond acceptors (Lipinski definition) is 5. The molecule has 0 atom stereocenters. The predicted molar refractivity (Wildman–Crippen MR) is 241 cm³/mol. The molecule has 1 fully saturated rings. The lowest BCUT2D eigenvalue weighted by Gasteiger charge is -2.29. The molecule has 2 N–H and O–H groups in total. The van der Waals surface area contributed by atoms with Crippen LogP contribution in [-0.2, 0) is 28.8 Å². The highest BCUT2D eigenvalue weighted by molar-refractivity contribution is 5.87. The third-order valence-corrected chi connectivity index (χ3v) is 12.7. The Hall–Kier alpha value is -4.19. The first-order chi connectivity index (χ1) is 28.2. The molecule has 5 rings (SSSR count). The van der Waals surface area contributed by atoms with Crippen LogP contribution < -0.4 is 4.74 Å². The number of carbonyl (C=O) groups is 1. The lowest BCUT2D eigenvalue weighted by atomic mass is 9.77. The molecule has 1 saturated carbocycles. The van der Waals surface area contributed by atoms with Gasteiger partial charge in [0.05, 0.1) is 26.4 Å². The van der Waals surface area contributed by atoms with Crippen LogP contribution in [0.4, 0.5) is 0 Å². The Balaban J connectivity index is 1.33. The van der Waals surface area contributed by atoms with E-state index in [-0.39, 0.29) is 19.8 Å². The zero-order chi connectivity index (χ0) is 41.5. The monoisotopic (exact) mass is 787 g/mol. The largest absolute Gasteiger partial charge is 0.493 e. The van der Waals surface area contributed by atoms with Crippen molar-refractivity contribution in [2.75, 3.05) is 26.4 Å². The number of aliphatic hydroxyl groups is 2. The molecule has 0 saturated heterocycles. The lowest BCUT2D eigenvalue weighted by Crippen LogP contribution is -2.31. The van der Waals surface area contributed by atoms with Gasteiger partial charge < -0.3 is 19.7 Å². The molecule has 4 aromatic rings. The van der Waals surface area contributed by atoms with Gasteiger partial charge in [0.15, 0.2) is 0 Å². The van der Waals surface area contributed by atoms with Gasteiger partial charge in [0, 0.05) is 17.4 Å². The Morgan fingerprint density at radius 2 is 1.28 bits per heavy atom. The van der Waals surface area contributed by atoms with Gasteiger partial charge in [-0.1, -0.05) is 133 Å². The Kier molecular flexibility index (Phi) is 17.2. The summed E-state index contributed by atoms with van der Waals surface area (Å²) in [7, 11) is 0. The lowest BCUT2D eigenvalue weighted by molar-refractivity contribution is -0.138. The third kappa shape index (κ3) is 11.7. The van der Waals surface area contributed by atoms with Gasteiger partial charge >= 0.3 is 5.97 Å². The fourth-order valence-electron chi connectivity index (χ4n) is 8.96. The highest BCUT2D eigenvalue weighted by Crippen LogP contribution is 2.40. The van der Waals surface area contributed by atoms with E-state index < -0.39 is 11.4 Å². The molecule has 312 valence electrons. The fourth-order valence-corrected chi connectivity index (χ4v) is 8.96. The zero-order valence-electron chi connectivity index (χ0n) is 36.2. The summed E-state index contributed by atoms with van der Waals surface area (Å²) in [6.07, 6.45) is 15.4. The molecular formula is C53H70O5. The first kappa shape index (κ1) is 44.9. The molecule has 4 aromatic carbocycles. The number of carbonyl (C=O) groups excluding carboxylic acids is 1. The van der Waals surface area contributed by atoms with Crippen LogP contribution in [0.25, 0.3) is 33.4 Å².